The standard InChI is InChI=1S/C19H23N3O2/c1-3-20-16-8-6-15(7-9-16)18-13-22(19(23)21-18)12-14-4-10-17(24-2)11-5-14/h4-11,18,20H,3,12-13H2,1-2H3,(H,21,23)/t18-/m1/s1. The van der Waals surface area contributed by atoms with Crippen LogP contribution in [0.1, 0.15) is 24.1 Å². The number of anilines is 1. The van der Waals surface area contributed by atoms with Gasteiger partial charge in [0.05, 0.1) is 13.2 Å². The summed E-state index contributed by atoms with van der Waals surface area (Å²) in [4.78, 5) is 14.1. The van der Waals surface area contributed by atoms with Crippen LogP contribution in [0.15, 0.2) is 48.5 Å². The zero-order valence-corrected chi connectivity index (χ0v) is 14.1. The third-order valence-electron chi connectivity index (χ3n) is 4.21. The summed E-state index contributed by atoms with van der Waals surface area (Å²) in [5, 5.41) is 6.33. The number of hydrogen-bond acceptors (Lipinski definition) is 3. The maximum absolute atomic E-state index is 12.2. The predicted molar refractivity (Wildman–Crippen MR) is 95.3 cm³/mol. The molecule has 2 aromatic carbocycles. The molecule has 5 nitrogen and oxygen atoms in total. The van der Waals surface area contributed by atoms with Crippen LogP contribution in [-0.4, -0.2) is 31.1 Å². The molecule has 5 heteroatoms. The van der Waals surface area contributed by atoms with Crippen molar-refractivity contribution in [2.45, 2.75) is 19.5 Å². The van der Waals surface area contributed by atoms with Crippen molar-refractivity contribution in [3.63, 3.8) is 0 Å². The second kappa shape index (κ2) is 7.25. The normalized spacial score (nSPS) is 16.8. The quantitative estimate of drug-likeness (QED) is 0.856. The first-order chi connectivity index (χ1) is 11.7. The van der Waals surface area contributed by atoms with Crippen molar-refractivity contribution in [1.29, 1.82) is 0 Å². The number of nitrogens with one attached hydrogen (secondary N) is 2. The Morgan fingerprint density at radius 3 is 2.50 bits per heavy atom. The lowest BCUT2D eigenvalue weighted by atomic mass is 10.1. The molecule has 126 valence electrons. The lowest BCUT2D eigenvalue weighted by molar-refractivity contribution is 0.215. The van der Waals surface area contributed by atoms with Crippen LogP contribution in [0, 0.1) is 0 Å². The summed E-state index contributed by atoms with van der Waals surface area (Å²) in [6.45, 7) is 4.24. The van der Waals surface area contributed by atoms with Crippen LogP contribution in [0.25, 0.3) is 0 Å². The minimum atomic E-state index is -0.0217. The molecule has 1 aliphatic rings. The molecule has 0 aromatic heterocycles. The average Bonchev–Trinajstić information content (AvgIpc) is 2.97. The molecule has 0 unspecified atom stereocenters. The Morgan fingerprint density at radius 2 is 1.88 bits per heavy atom. The number of carbonyl (C=O) groups excluding carboxylic acids is 1. The maximum atomic E-state index is 12.2. The van der Waals surface area contributed by atoms with Gasteiger partial charge in [0.15, 0.2) is 0 Å². The van der Waals surface area contributed by atoms with Crippen molar-refractivity contribution in [3.8, 4) is 5.75 Å². The Hall–Kier alpha value is -2.69. The van der Waals surface area contributed by atoms with E-state index in [1.54, 1.807) is 7.11 Å². The Balaban J connectivity index is 1.64. The van der Waals surface area contributed by atoms with E-state index in [0.29, 0.717) is 13.1 Å². The molecule has 24 heavy (non-hydrogen) atoms. The summed E-state index contributed by atoms with van der Waals surface area (Å²) in [5.41, 5.74) is 3.32. The van der Waals surface area contributed by atoms with Gasteiger partial charge >= 0.3 is 6.03 Å². The highest BCUT2D eigenvalue weighted by atomic mass is 16.5. The molecule has 2 N–H and O–H groups in total. The van der Waals surface area contributed by atoms with Crippen molar-refractivity contribution in [2.75, 3.05) is 25.5 Å². The molecule has 0 saturated carbocycles. The number of rotatable bonds is 6. The number of urea groups is 1. The van der Waals surface area contributed by atoms with Crippen LogP contribution in [0.3, 0.4) is 0 Å². The summed E-state index contributed by atoms with van der Waals surface area (Å²) in [5.74, 6) is 0.822. The molecule has 1 heterocycles. The van der Waals surface area contributed by atoms with Crippen molar-refractivity contribution < 1.29 is 9.53 Å². The van der Waals surface area contributed by atoms with Crippen LogP contribution in [0.4, 0.5) is 10.5 Å². The van der Waals surface area contributed by atoms with E-state index in [9.17, 15) is 4.79 Å². The summed E-state index contributed by atoms with van der Waals surface area (Å²) in [6, 6.07) is 16.1. The first-order valence-electron chi connectivity index (χ1n) is 8.22. The van der Waals surface area contributed by atoms with E-state index in [-0.39, 0.29) is 12.1 Å². The topological polar surface area (TPSA) is 53.6 Å². The molecule has 1 atom stereocenters. The molecule has 1 fully saturated rings. The number of amides is 2. The SMILES string of the molecule is CCNc1ccc([C@H]2CN(Cc3ccc(OC)cc3)C(=O)N2)cc1. The van der Waals surface area contributed by atoms with E-state index in [4.69, 9.17) is 4.74 Å². The molecule has 0 aliphatic carbocycles. The van der Waals surface area contributed by atoms with Gasteiger partial charge in [0, 0.05) is 25.3 Å². The zero-order chi connectivity index (χ0) is 16.9. The van der Waals surface area contributed by atoms with Gasteiger partial charge in [0.1, 0.15) is 5.75 Å². The molecule has 1 aliphatic heterocycles. The number of carbonyl (C=O) groups is 1. The van der Waals surface area contributed by atoms with E-state index < -0.39 is 0 Å². The highest BCUT2D eigenvalue weighted by Crippen LogP contribution is 2.23. The smallest absolute Gasteiger partial charge is 0.318 e. The number of nitrogens with zero attached hydrogens (tertiary/aromatic N) is 1. The number of benzene rings is 2. The second-order valence-corrected chi connectivity index (χ2v) is 5.88. The Bertz CT molecular complexity index is 683. The summed E-state index contributed by atoms with van der Waals surface area (Å²) in [7, 11) is 1.65. The first-order valence-corrected chi connectivity index (χ1v) is 8.22. The molecule has 0 spiro atoms. The lowest BCUT2D eigenvalue weighted by Gasteiger charge is -2.15. The molecule has 3 rings (SSSR count). The third-order valence-corrected chi connectivity index (χ3v) is 4.21. The van der Waals surface area contributed by atoms with E-state index >= 15 is 0 Å². The molecule has 0 bridgehead atoms. The third kappa shape index (κ3) is 3.62. The van der Waals surface area contributed by atoms with Gasteiger partial charge in [-0.05, 0) is 42.3 Å². The van der Waals surface area contributed by atoms with Crippen molar-refractivity contribution >= 4 is 11.7 Å². The van der Waals surface area contributed by atoms with Gasteiger partial charge < -0.3 is 20.3 Å². The molecule has 2 aromatic rings. The lowest BCUT2D eigenvalue weighted by Crippen LogP contribution is -2.27. The monoisotopic (exact) mass is 325 g/mol. The summed E-state index contributed by atoms with van der Waals surface area (Å²) in [6.07, 6.45) is 0. The predicted octanol–water partition coefficient (Wildman–Crippen LogP) is 3.39. The fourth-order valence-electron chi connectivity index (χ4n) is 2.90. The summed E-state index contributed by atoms with van der Waals surface area (Å²) < 4.78 is 5.16. The van der Waals surface area contributed by atoms with E-state index in [1.807, 2.05) is 29.2 Å². The van der Waals surface area contributed by atoms with Gasteiger partial charge in [0.25, 0.3) is 0 Å². The Labute approximate surface area is 142 Å². The fraction of sp³-hybridized carbons (Fsp3) is 0.316. The molecule has 0 radical (unpaired) electrons. The first kappa shape index (κ1) is 16.2. The summed E-state index contributed by atoms with van der Waals surface area (Å²) >= 11 is 0. The maximum Gasteiger partial charge on any atom is 0.318 e. The number of hydrogen-bond donors (Lipinski definition) is 2. The van der Waals surface area contributed by atoms with Gasteiger partial charge in [-0.15, -0.1) is 0 Å². The highest BCUT2D eigenvalue weighted by molar-refractivity contribution is 5.77. The van der Waals surface area contributed by atoms with Gasteiger partial charge in [0.2, 0.25) is 0 Å². The fourth-order valence-corrected chi connectivity index (χ4v) is 2.90. The van der Waals surface area contributed by atoms with Crippen LogP contribution in [0.2, 0.25) is 0 Å². The average molecular weight is 325 g/mol. The Morgan fingerprint density at radius 1 is 1.17 bits per heavy atom. The molecular formula is C19H23N3O2. The van der Waals surface area contributed by atoms with Crippen LogP contribution in [-0.2, 0) is 6.54 Å². The van der Waals surface area contributed by atoms with E-state index in [1.165, 1.54) is 0 Å². The van der Waals surface area contributed by atoms with E-state index in [0.717, 1.165) is 29.1 Å². The largest absolute Gasteiger partial charge is 0.497 e. The van der Waals surface area contributed by atoms with Crippen molar-refractivity contribution in [1.82, 2.24) is 10.2 Å². The zero-order valence-electron chi connectivity index (χ0n) is 14.1. The molecule has 2 amide bonds. The van der Waals surface area contributed by atoms with Crippen molar-refractivity contribution in [2.24, 2.45) is 0 Å². The van der Waals surface area contributed by atoms with Crippen LogP contribution < -0.4 is 15.4 Å². The van der Waals surface area contributed by atoms with Crippen molar-refractivity contribution in [3.05, 3.63) is 59.7 Å². The molecular weight excluding hydrogens is 302 g/mol. The van der Waals surface area contributed by atoms with E-state index in [2.05, 4.69) is 41.8 Å². The highest BCUT2D eigenvalue weighted by Gasteiger charge is 2.29. The minimum Gasteiger partial charge on any atom is -0.497 e. The van der Waals surface area contributed by atoms with Crippen LogP contribution in [0.5, 0.6) is 5.75 Å². The minimum absolute atomic E-state index is 0.0217. The number of ether oxygens (including phenoxy) is 1. The van der Waals surface area contributed by atoms with Gasteiger partial charge in [-0.25, -0.2) is 4.79 Å². The second-order valence-electron chi connectivity index (χ2n) is 5.88. The number of methoxy groups -OCH3 is 1. The van der Waals surface area contributed by atoms with Gasteiger partial charge in [-0.1, -0.05) is 24.3 Å². The van der Waals surface area contributed by atoms with Gasteiger partial charge in [-0.2, -0.15) is 0 Å². The molecule has 1 saturated heterocycles. The van der Waals surface area contributed by atoms with Gasteiger partial charge in [-0.3, -0.25) is 0 Å². The Kier molecular flexibility index (Phi) is 4.89. The van der Waals surface area contributed by atoms with Crippen LogP contribution >= 0.6 is 0 Å².